The second kappa shape index (κ2) is 8.00. The Hall–Kier alpha value is -1.79. The highest BCUT2D eigenvalue weighted by Crippen LogP contribution is 2.26. The SMILES string of the molecule is COC(=O)/C(=C\Nc1cccc(Br)c1)Oc1ccccc1Br. The maximum atomic E-state index is 11.8. The van der Waals surface area contributed by atoms with E-state index < -0.39 is 5.97 Å². The van der Waals surface area contributed by atoms with Crippen LogP contribution in [0.3, 0.4) is 0 Å². The molecular weight excluding hydrogens is 414 g/mol. The Morgan fingerprint density at radius 2 is 1.91 bits per heavy atom. The molecule has 0 saturated carbocycles. The highest BCUT2D eigenvalue weighted by molar-refractivity contribution is 9.10. The van der Waals surface area contributed by atoms with Gasteiger partial charge in [-0.2, -0.15) is 0 Å². The molecule has 0 amide bonds. The van der Waals surface area contributed by atoms with Crippen LogP contribution in [0.4, 0.5) is 5.69 Å². The topological polar surface area (TPSA) is 47.6 Å². The summed E-state index contributed by atoms with van der Waals surface area (Å²) in [6.07, 6.45) is 1.47. The third kappa shape index (κ3) is 4.61. The van der Waals surface area contributed by atoms with Gasteiger partial charge in [-0.05, 0) is 46.3 Å². The van der Waals surface area contributed by atoms with Crippen LogP contribution in [0.15, 0.2) is 69.4 Å². The van der Waals surface area contributed by atoms with Gasteiger partial charge < -0.3 is 14.8 Å². The van der Waals surface area contributed by atoms with E-state index in [1.165, 1.54) is 13.3 Å². The molecule has 2 rings (SSSR count). The molecule has 0 radical (unpaired) electrons. The summed E-state index contributed by atoms with van der Waals surface area (Å²) in [6, 6.07) is 14.8. The molecule has 0 aliphatic carbocycles. The molecule has 0 heterocycles. The zero-order chi connectivity index (χ0) is 15.9. The van der Waals surface area contributed by atoms with Gasteiger partial charge in [-0.1, -0.05) is 34.1 Å². The summed E-state index contributed by atoms with van der Waals surface area (Å²) in [4.78, 5) is 11.8. The average Bonchev–Trinajstić information content (AvgIpc) is 2.52. The third-order valence-electron chi connectivity index (χ3n) is 2.64. The first kappa shape index (κ1) is 16.6. The van der Waals surface area contributed by atoms with E-state index in [-0.39, 0.29) is 5.76 Å². The highest BCUT2D eigenvalue weighted by Gasteiger charge is 2.14. The molecule has 0 atom stereocenters. The molecule has 6 heteroatoms. The van der Waals surface area contributed by atoms with Gasteiger partial charge in [0, 0.05) is 10.2 Å². The summed E-state index contributed by atoms with van der Waals surface area (Å²) in [5.41, 5.74) is 0.812. The van der Waals surface area contributed by atoms with Crippen molar-refractivity contribution in [2.24, 2.45) is 0 Å². The van der Waals surface area contributed by atoms with E-state index in [1.807, 2.05) is 42.5 Å². The number of rotatable bonds is 5. The Balaban J connectivity index is 2.21. The number of ether oxygens (including phenoxy) is 2. The summed E-state index contributed by atoms with van der Waals surface area (Å²) in [5, 5.41) is 3.01. The van der Waals surface area contributed by atoms with Crippen LogP contribution >= 0.6 is 31.9 Å². The molecule has 0 saturated heterocycles. The van der Waals surface area contributed by atoms with Crippen LogP contribution in [0.5, 0.6) is 5.75 Å². The smallest absolute Gasteiger partial charge is 0.375 e. The van der Waals surface area contributed by atoms with Crippen molar-refractivity contribution in [3.8, 4) is 5.75 Å². The van der Waals surface area contributed by atoms with E-state index in [2.05, 4.69) is 37.2 Å². The predicted octanol–water partition coefficient (Wildman–Crippen LogP) is 4.72. The number of nitrogens with one attached hydrogen (secondary N) is 1. The monoisotopic (exact) mass is 425 g/mol. The van der Waals surface area contributed by atoms with Gasteiger partial charge in [-0.15, -0.1) is 0 Å². The van der Waals surface area contributed by atoms with Crippen molar-refractivity contribution in [1.29, 1.82) is 0 Å². The van der Waals surface area contributed by atoms with Crippen LogP contribution in [0.1, 0.15) is 0 Å². The van der Waals surface area contributed by atoms with Gasteiger partial charge in [0.15, 0.2) is 0 Å². The van der Waals surface area contributed by atoms with E-state index in [4.69, 9.17) is 9.47 Å². The second-order valence-corrected chi connectivity index (χ2v) is 5.96. The predicted molar refractivity (Wildman–Crippen MR) is 92.6 cm³/mol. The molecule has 1 N–H and O–H groups in total. The number of anilines is 1. The molecule has 114 valence electrons. The van der Waals surface area contributed by atoms with Gasteiger partial charge >= 0.3 is 5.97 Å². The molecule has 0 aliphatic rings. The average molecular weight is 427 g/mol. The van der Waals surface area contributed by atoms with Crippen LogP contribution in [-0.2, 0) is 9.53 Å². The molecule has 2 aromatic carbocycles. The first-order valence-corrected chi connectivity index (χ1v) is 7.91. The lowest BCUT2D eigenvalue weighted by Crippen LogP contribution is -2.12. The van der Waals surface area contributed by atoms with E-state index >= 15 is 0 Å². The van der Waals surface area contributed by atoms with Crippen molar-refractivity contribution in [1.82, 2.24) is 0 Å². The number of benzene rings is 2. The van der Waals surface area contributed by atoms with Gasteiger partial charge in [-0.25, -0.2) is 4.79 Å². The van der Waals surface area contributed by atoms with E-state index in [9.17, 15) is 4.79 Å². The third-order valence-corrected chi connectivity index (χ3v) is 3.79. The Morgan fingerprint density at radius 1 is 1.14 bits per heavy atom. The standard InChI is InChI=1S/C16H13Br2NO3/c1-21-16(20)15(22-14-8-3-2-7-13(14)18)10-19-12-6-4-5-11(17)9-12/h2-10,19H,1H3/b15-10+. The van der Waals surface area contributed by atoms with Crippen molar-refractivity contribution < 1.29 is 14.3 Å². The summed E-state index contributed by atoms with van der Waals surface area (Å²) in [5.74, 6) is 0.00261. The minimum Gasteiger partial charge on any atom is -0.463 e. The van der Waals surface area contributed by atoms with Crippen molar-refractivity contribution in [2.45, 2.75) is 0 Å². The summed E-state index contributed by atoms with van der Waals surface area (Å²) >= 11 is 6.76. The fraction of sp³-hybridized carbons (Fsp3) is 0.0625. The van der Waals surface area contributed by atoms with Crippen molar-refractivity contribution in [2.75, 3.05) is 12.4 Å². The minimum atomic E-state index is -0.571. The van der Waals surface area contributed by atoms with Crippen LogP contribution in [0.2, 0.25) is 0 Å². The molecule has 22 heavy (non-hydrogen) atoms. The number of para-hydroxylation sites is 1. The second-order valence-electron chi connectivity index (χ2n) is 4.19. The summed E-state index contributed by atoms with van der Waals surface area (Å²) < 4.78 is 12.0. The van der Waals surface area contributed by atoms with E-state index in [1.54, 1.807) is 6.07 Å². The lowest BCUT2D eigenvalue weighted by atomic mass is 10.3. The van der Waals surface area contributed by atoms with Crippen molar-refractivity contribution in [3.05, 3.63) is 69.4 Å². The molecule has 0 aromatic heterocycles. The number of esters is 1. The quantitative estimate of drug-likeness (QED) is 0.427. The number of carbonyl (C=O) groups is 1. The number of methoxy groups -OCH3 is 1. The first-order valence-electron chi connectivity index (χ1n) is 6.33. The zero-order valence-electron chi connectivity index (χ0n) is 11.7. The Labute approximate surface area is 145 Å². The van der Waals surface area contributed by atoms with Crippen molar-refractivity contribution >= 4 is 43.5 Å². The lowest BCUT2D eigenvalue weighted by molar-refractivity contribution is -0.138. The van der Waals surface area contributed by atoms with Gasteiger partial charge in [0.1, 0.15) is 5.75 Å². The molecule has 2 aromatic rings. The van der Waals surface area contributed by atoms with Gasteiger partial charge in [-0.3, -0.25) is 0 Å². The number of hydrogen-bond acceptors (Lipinski definition) is 4. The van der Waals surface area contributed by atoms with Crippen LogP contribution in [0, 0.1) is 0 Å². The highest BCUT2D eigenvalue weighted by atomic mass is 79.9. The molecule has 0 spiro atoms. The normalized spacial score (nSPS) is 11.0. The molecule has 0 bridgehead atoms. The van der Waals surface area contributed by atoms with Crippen molar-refractivity contribution in [3.63, 3.8) is 0 Å². The Bertz CT molecular complexity index is 701. The number of carbonyl (C=O) groups excluding carboxylic acids is 1. The molecule has 0 aliphatic heterocycles. The van der Waals surface area contributed by atoms with Crippen LogP contribution in [-0.4, -0.2) is 13.1 Å². The number of hydrogen-bond donors (Lipinski definition) is 1. The fourth-order valence-electron chi connectivity index (χ4n) is 1.60. The van der Waals surface area contributed by atoms with Crippen LogP contribution in [0.25, 0.3) is 0 Å². The largest absolute Gasteiger partial charge is 0.463 e. The summed E-state index contributed by atoms with van der Waals surface area (Å²) in [6.45, 7) is 0. The van der Waals surface area contributed by atoms with E-state index in [0.717, 1.165) is 14.6 Å². The molecule has 0 unspecified atom stereocenters. The number of halogens is 2. The molecule has 4 nitrogen and oxygen atoms in total. The summed E-state index contributed by atoms with van der Waals surface area (Å²) in [7, 11) is 1.30. The van der Waals surface area contributed by atoms with E-state index in [0.29, 0.717) is 5.75 Å². The van der Waals surface area contributed by atoms with Gasteiger partial charge in [0.25, 0.3) is 0 Å². The minimum absolute atomic E-state index is 0.0503. The molecular formula is C16H13Br2NO3. The Kier molecular flexibility index (Phi) is 6.03. The van der Waals surface area contributed by atoms with Crippen LogP contribution < -0.4 is 10.1 Å². The van der Waals surface area contributed by atoms with Gasteiger partial charge in [0.2, 0.25) is 5.76 Å². The zero-order valence-corrected chi connectivity index (χ0v) is 14.8. The lowest BCUT2D eigenvalue weighted by Gasteiger charge is -2.10. The Morgan fingerprint density at radius 3 is 2.59 bits per heavy atom. The first-order chi connectivity index (χ1) is 10.6. The molecule has 0 fully saturated rings. The maximum absolute atomic E-state index is 11.8. The fourth-order valence-corrected chi connectivity index (χ4v) is 2.37. The maximum Gasteiger partial charge on any atom is 0.375 e. The van der Waals surface area contributed by atoms with Gasteiger partial charge in [0.05, 0.1) is 17.8 Å².